The van der Waals surface area contributed by atoms with Gasteiger partial charge < -0.3 is 9.63 Å². The van der Waals surface area contributed by atoms with Crippen molar-refractivity contribution in [2.24, 2.45) is 0 Å². The Labute approximate surface area is 131 Å². The quantitative estimate of drug-likeness (QED) is 0.794. The number of rotatable bonds is 3. The fraction of sp³-hybridized carbons (Fsp3) is 0.118. The highest BCUT2D eigenvalue weighted by molar-refractivity contribution is 5.92. The monoisotopic (exact) mass is 312 g/mol. The number of carboxylic acid groups (broad SMARTS) is 1. The van der Waals surface area contributed by atoms with Crippen molar-refractivity contribution < 1.29 is 18.8 Å². The Morgan fingerprint density at radius 3 is 2.61 bits per heavy atom. The smallest absolute Gasteiger partial charge is 0.335 e. The molecule has 0 bridgehead atoms. The number of hydrogen-bond acceptors (Lipinski definition) is 4. The molecule has 0 aliphatic heterocycles. The van der Waals surface area contributed by atoms with Gasteiger partial charge in [-0.25, -0.2) is 9.18 Å². The van der Waals surface area contributed by atoms with Gasteiger partial charge in [0.1, 0.15) is 5.82 Å². The van der Waals surface area contributed by atoms with Crippen molar-refractivity contribution in [3.63, 3.8) is 0 Å². The van der Waals surface area contributed by atoms with E-state index in [0.717, 1.165) is 5.56 Å². The summed E-state index contributed by atoms with van der Waals surface area (Å²) in [4.78, 5) is 15.5. The Morgan fingerprint density at radius 2 is 1.91 bits per heavy atom. The van der Waals surface area contributed by atoms with Crippen molar-refractivity contribution in [2.45, 2.75) is 13.8 Å². The Hall–Kier alpha value is -3.02. The van der Waals surface area contributed by atoms with Crippen LogP contribution in [0.3, 0.4) is 0 Å². The molecule has 0 unspecified atom stereocenters. The van der Waals surface area contributed by atoms with Crippen molar-refractivity contribution in [3.05, 3.63) is 58.9 Å². The number of aromatic nitrogens is 2. The molecule has 6 heteroatoms. The summed E-state index contributed by atoms with van der Waals surface area (Å²) in [5, 5.41) is 13.1. The van der Waals surface area contributed by atoms with E-state index in [1.807, 2.05) is 0 Å². The average molecular weight is 312 g/mol. The van der Waals surface area contributed by atoms with Gasteiger partial charge in [-0.15, -0.1) is 0 Å². The van der Waals surface area contributed by atoms with E-state index in [1.165, 1.54) is 6.07 Å². The van der Waals surface area contributed by atoms with Gasteiger partial charge in [0.05, 0.1) is 11.1 Å². The molecule has 0 fully saturated rings. The number of aromatic carboxylic acids is 1. The third kappa shape index (κ3) is 2.70. The van der Waals surface area contributed by atoms with E-state index in [-0.39, 0.29) is 22.8 Å². The molecular weight excluding hydrogens is 299 g/mol. The molecule has 3 aromatic rings. The van der Waals surface area contributed by atoms with Gasteiger partial charge in [0.15, 0.2) is 0 Å². The SMILES string of the molecule is Cc1cc(C(=O)O)c(C)c(-c2noc(-c3ccccc3F)n2)c1. The molecular formula is C17H13FN2O3. The van der Waals surface area contributed by atoms with E-state index in [4.69, 9.17) is 4.52 Å². The van der Waals surface area contributed by atoms with Crippen LogP contribution in [-0.2, 0) is 0 Å². The maximum Gasteiger partial charge on any atom is 0.335 e. The molecule has 23 heavy (non-hydrogen) atoms. The number of hydrogen-bond donors (Lipinski definition) is 1. The van der Waals surface area contributed by atoms with Gasteiger partial charge in [0.25, 0.3) is 5.89 Å². The summed E-state index contributed by atoms with van der Waals surface area (Å²) in [6, 6.07) is 9.44. The molecule has 0 saturated heterocycles. The lowest BCUT2D eigenvalue weighted by Crippen LogP contribution is -2.02. The molecule has 3 rings (SSSR count). The summed E-state index contributed by atoms with van der Waals surface area (Å²) in [6.07, 6.45) is 0. The molecule has 0 saturated carbocycles. The van der Waals surface area contributed by atoms with Crippen molar-refractivity contribution in [1.29, 1.82) is 0 Å². The molecule has 0 aliphatic rings. The Kier molecular flexibility index (Phi) is 3.65. The normalized spacial score (nSPS) is 10.7. The van der Waals surface area contributed by atoms with Gasteiger partial charge in [-0.3, -0.25) is 0 Å². The van der Waals surface area contributed by atoms with E-state index < -0.39 is 11.8 Å². The second kappa shape index (κ2) is 5.64. The Morgan fingerprint density at radius 1 is 1.17 bits per heavy atom. The van der Waals surface area contributed by atoms with Crippen LogP contribution in [0, 0.1) is 19.7 Å². The summed E-state index contributed by atoms with van der Waals surface area (Å²) in [5.41, 5.74) is 2.23. The lowest BCUT2D eigenvalue weighted by molar-refractivity contribution is 0.0696. The maximum atomic E-state index is 13.8. The molecule has 0 amide bonds. The van der Waals surface area contributed by atoms with Crippen LogP contribution in [0.5, 0.6) is 0 Å². The average Bonchev–Trinajstić information content (AvgIpc) is 2.99. The second-order valence-corrected chi connectivity index (χ2v) is 5.19. The molecule has 116 valence electrons. The number of carbonyl (C=O) groups is 1. The van der Waals surface area contributed by atoms with Crippen LogP contribution in [0.1, 0.15) is 21.5 Å². The first-order valence-electron chi connectivity index (χ1n) is 6.91. The van der Waals surface area contributed by atoms with E-state index in [0.29, 0.717) is 11.1 Å². The van der Waals surface area contributed by atoms with Crippen LogP contribution in [0.15, 0.2) is 40.9 Å². The minimum absolute atomic E-state index is 0.0517. The van der Waals surface area contributed by atoms with Gasteiger partial charge in [-0.2, -0.15) is 4.98 Å². The molecule has 1 aromatic heterocycles. The molecule has 1 N–H and O–H groups in total. The zero-order chi connectivity index (χ0) is 16.6. The standard InChI is InChI=1S/C17H13FN2O3/c1-9-7-12(10(2)13(8-9)17(21)22)15-19-16(23-20-15)11-5-3-4-6-14(11)18/h3-8H,1-2H3,(H,21,22). The molecule has 0 atom stereocenters. The third-order valence-electron chi connectivity index (χ3n) is 3.55. The fourth-order valence-electron chi connectivity index (χ4n) is 2.39. The van der Waals surface area contributed by atoms with E-state index >= 15 is 0 Å². The van der Waals surface area contributed by atoms with Crippen LogP contribution in [0.25, 0.3) is 22.8 Å². The molecule has 0 aliphatic carbocycles. The van der Waals surface area contributed by atoms with Crippen molar-refractivity contribution in [3.8, 4) is 22.8 Å². The largest absolute Gasteiger partial charge is 0.478 e. The van der Waals surface area contributed by atoms with Crippen LogP contribution >= 0.6 is 0 Å². The van der Waals surface area contributed by atoms with E-state index in [9.17, 15) is 14.3 Å². The van der Waals surface area contributed by atoms with Gasteiger partial charge in [0, 0.05) is 5.56 Å². The number of aryl methyl sites for hydroxylation is 1. The van der Waals surface area contributed by atoms with Crippen LogP contribution in [0.4, 0.5) is 4.39 Å². The number of halogens is 1. The number of carboxylic acids is 1. The topological polar surface area (TPSA) is 76.2 Å². The van der Waals surface area contributed by atoms with E-state index in [2.05, 4.69) is 10.1 Å². The first-order valence-corrected chi connectivity index (χ1v) is 6.91. The Bertz CT molecular complexity index is 903. The zero-order valence-electron chi connectivity index (χ0n) is 12.5. The van der Waals surface area contributed by atoms with Crippen LogP contribution in [-0.4, -0.2) is 21.2 Å². The van der Waals surface area contributed by atoms with Gasteiger partial charge in [-0.1, -0.05) is 17.3 Å². The summed E-state index contributed by atoms with van der Waals surface area (Å²) < 4.78 is 18.9. The predicted octanol–water partition coefficient (Wildman–Crippen LogP) is 3.86. The second-order valence-electron chi connectivity index (χ2n) is 5.19. The molecule has 1 heterocycles. The summed E-state index contributed by atoms with van der Waals surface area (Å²) in [7, 11) is 0. The number of benzene rings is 2. The maximum absolute atomic E-state index is 13.8. The van der Waals surface area contributed by atoms with Crippen LogP contribution in [0.2, 0.25) is 0 Å². The first-order chi connectivity index (χ1) is 11.0. The van der Waals surface area contributed by atoms with E-state index in [1.54, 1.807) is 44.2 Å². The fourth-order valence-corrected chi connectivity index (χ4v) is 2.39. The first kappa shape index (κ1) is 14.9. The Balaban J connectivity index is 2.11. The lowest BCUT2D eigenvalue weighted by Gasteiger charge is -2.07. The minimum Gasteiger partial charge on any atom is -0.478 e. The number of nitrogens with zero attached hydrogens (tertiary/aromatic N) is 2. The summed E-state index contributed by atoms with van der Waals surface area (Å²) in [6.45, 7) is 3.46. The van der Waals surface area contributed by atoms with Crippen molar-refractivity contribution in [1.82, 2.24) is 10.1 Å². The summed E-state index contributed by atoms with van der Waals surface area (Å²) >= 11 is 0. The molecule has 0 spiro atoms. The van der Waals surface area contributed by atoms with Gasteiger partial charge in [-0.05, 0) is 49.2 Å². The highest BCUT2D eigenvalue weighted by atomic mass is 19.1. The van der Waals surface area contributed by atoms with Gasteiger partial charge in [0.2, 0.25) is 5.82 Å². The highest BCUT2D eigenvalue weighted by Crippen LogP contribution is 2.28. The minimum atomic E-state index is -1.02. The van der Waals surface area contributed by atoms with Crippen molar-refractivity contribution >= 4 is 5.97 Å². The van der Waals surface area contributed by atoms with Gasteiger partial charge >= 0.3 is 5.97 Å². The predicted molar refractivity (Wildman–Crippen MR) is 81.6 cm³/mol. The van der Waals surface area contributed by atoms with Crippen LogP contribution < -0.4 is 0 Å². The molecule has 5 nitrogen and oxygen atoms in total. The lowest BCUT2D eigenvalue weighted by atomic mass is 9.99. The van der Waals surface area contributed by atoms with Crippen molar-refractivity contribution in [2.75, 3.05) is 0 Å². The molecule has 0 radical (unpaired) electrons. The zero-order valence-corrected chi connectivity index (χ0v) is 12.5. The summed E-state index contributed by atoms with van der Waals surface area (Å²) in [5.74, 6) is -1.21. The third-order valence-corrected chi connectivity index (χ3v) is 3.55. The molecule has 2 aromatic carbocycles. The highest BCUT2D eigenvalue weighted by Gasteiger charge is 2.18.